The molecular weight excluding hydrogens is 346 g/mol. The smallest absolute Gasteiger partial charge is 0.258 e. The number of Topliss-reactive ketones (excluding diaryl/α,β-unsaturated/α-hetero) is 1. The first-order chi connectivity index (χ1) is 12.4. The molecule has 1 N–H and O–H groups in total. The summed E-state index contributed by atoms with van der Waals surface area (Å²) in [7, 11) is 0. The molecular formula is C21H25NO3S. The molecule has 0 spiro atoms. The maximum atomic E-state index is 12.4. The van der Waals surface area contributed by atoms with Crippen LogP contribution >= 0.6 is 11.3 Å². The molecule has 0 radical (unpaired) electrons. The van der Waals surface area contributed by atoms with Crippen molar-refractivity contribution in [3.8, 4) is 5.75 Å². The summed E-state index contributed by atoms with van der Waals surface area (Å²) >= 11 is 1.63. The second kappa shape index (κ2) is 7.62. The van der Waals surface area contributed by atoms with Crippen LogP contribution in [-0.2, 0) is 4.79 Å². The van der Waals surface area contributed by atoms with Crippen LogP contribution in [0, 0.1) is 12.8 Å². The van der Waals surface area contributed by atoms with Crippen LogP contribution in [0.2, 0.25) is 0 Å². The van der Waals surface area contributed by atoms with Crippen LogP contribution in [0.1, 0.15) is 65.5 Å². The Morgan fingerprint density at radius 3 is 2.77 bits per heavy atom. The minimum absolute atomic E-state index is 0.0310. The fourth-order valence-corrected chi connectivity index (χ4v) is 4.57. The molecule has 5 heteroatoms. The van der Waals surface area contributed by atoms with E-state index in [-0.39, 0.29) is 36.2 Å². The van der Waals surface area contributed by atoms with Crippen molar-refractivity contribution in [1.29, 1.82) is 0 Å². The third-order valence-electron chi connectivity index (χ3n) is 4.88. The van der Waals surface area contributed by atoms with Gasteiger partial charge in [0.05, 0.1) is 11.6 Å². The van der Waals surface area contributed by atoms with E-state index in [2.05, 4.69) is 26.1 Å². The fraction of sp³-hybridized carbons (Fsp3) is 0.429. The van der Waals surface area contributed by atoms with Crippen LogP contribution in [0.25, 0.3) is 0 Å². The Morgan fingerprint density at radius 2 is 2.12 bits per heavy atom. The van der Waals surface area contributed by atoms with Crippen molar-refractivity contribution < 1.29 is 14.3 Å². The van der Waals surface area contributed by atoms with Crippen molar-refractivity contribution in [3.63, 3.8) is 0 Å². The third-order valence-corrected chi connectivity index (χ3v) is 5.84. The van der Waals surface area contributed by atoms with E-state index in [1.54, 1.807) is 17.4 Å². The number of fused-ring (bicyclic) bond motifs is 1. The summed E-state index contributed by atoms with van der Waals surface area (Å²) in [6.45, 7) is 8.14. The Balaban J connectivity index is 1.70. The summed E-state index contributed by atoms with van der Waals surface area (Å²) in [5, 5.41) is 5.06. The van der Waals surface area contributed by atoms with Crippen LogP contribution in [0.4, 0.5) is 0 Å². The van der Waals surface area contributed by atoms with Gasteiger partial charge in [-0.1, -0.05) is 32.9 Å². The number of rotatable bonds is 6. The fourth-order valence-electron chi connectivity index (χ4n) is 3.62. The van der Waals surface area contributed by atoms with Crippen molar-refractivity contribution in [2.75, 3.05) is 6.61 Å². The number of amides is 1. The molecule has 0 fully saturated rings. The highest BCUT2D eigenvalue weighted by molar-refractivity contribution is 7.10. The summed E-state index contributed by atoms with van der Waals surface area (Å²) < 4.78 is 5.75. The number of aryl methyl sites for hydroxylation is 1. The Hall–Kier alpha value is -2.14. The lowest BCUT2D eigenvalue weighted by molar-refractivity contribution is -0.124. The molecule has 0 bridgehead atoms. The predicted octanol–water partition coefficient (Wildman–Crippen LogP) is 4.64. The Kier molecular flexibility index (Phi) is 5.47. The summed E-state index contributed by atoms with van der Waals surface area (Å²) in [5.41, 5.74) is 2.82. The standard InChI is InChI=1S/C21H25NO3S/c1-12(2)21(17-6-5-9-26-17)22-18(24)11-25-16-8-7-13(3)19-14(4)10-15(23)20(16)19/h5-9,12,14,21H,10-11H2,1-4H3,(H,22,24)/t14-,21-/m0/s1. The predicted molar refractivity (Wildman–Crippen MR) is 104 cm³/mol. The first-order valence-corrected chi connectivity index (χ1v) is 9.88. The average Bonchev–Trinajstić information content (AvgIpc) is 3.21. The molecule has 1 aromatic carbocycles. The molecule has 1 amide bonds. The highest BCUT2D eigenvalue weighted by Crippen LogP contribution is 2.40. The summed E-state index contributed by atoms with van der Waals surface area (Å²) in [5.74, 6) is 0.935. The second-order valence-corrected chi connectivity index (χ2v) is 8.27. The lowest BCUT2D eigenvalue weighted by atomic mass is 9.97. The van der Waals surface area contributed by atoms with Crippen molar-refractivity contribution >= 4 is 23.0 Å². The van der Waals surface area contributed by atoms with Gasteiger partial charge in [0.2, 0.25) is 0 Å². The molecule has 2 atom stereocenters. The number of ether oxygens (including phenoxy) is 1. The van der Waals surface area contributed by atoms with E-state index < -0.39 is 0 Å². The number of ketones is 1. The van der Waals surface area contributed by atoms with Crippen LogP contribution in [0.5, 0.6) is 5.75 Å². The molecule has 0 saturated carbocycles. The maximum absolute atomic E-state index is 12.4. The third kappa shape index (κ3) is 3.68. The Morgan fingerprint density at radius 1 is 1.35 bits per heavy atom. The van der Waals surface area contributed by atoms with Gasteiger partial charge >= 0.3 is 0 Å². The lowest BCUT2D eigenvalue weighted by Gasteiger charge is -2.21. The van der Waals surface area contributed by atoms with Crippen LogP contribution in [-0.4, -0.2) is 18.3 Å². The van der Waals surface area contributed by atoms with E-state index >= 15 is 0 Å². The monoisotopic (exact) mass is 371 g/mol. The highest BCUT2D eigenvalue weighted by Gasteiger charge is 2.31. The molecule has 2 aromatic rings. The first-order valence-electron chi connectivity index (χ1n) is 9.00. The zero-order valence-corrected chi connectivity index (χ0v) is 16.5. The normalized spacial score (nSPS) is 17.3. The topological polar surface area (TPSA) is 55.4 Å². The van der Waals surface area contributed by atoms with Gasteiger partial charge in [-0.3, -0.25) is 9.59 Å². The number of carbonyl (C=O) groups excluding carboxylic acids is 2. The zero-order valence-electron chi connectivity index (χ0n) is 15.7. The quantitative estimate of drug-likeness (QED) is 0.805. The molecule has 0 unspecified atom stereocenters. The van der Waals surface area contributed by atoms with E-state index in [4.69, 9.17) is 4.74 Å². The van der Waals surface area contributed by atoms with Gasteiger partial charge in [0.15, 0.2) is 12.4 Å². The SMILES string of the molecule is Cc1ccc(OCC(=O)N[C@H](c2cccs2)C(C)C)c2c1[C@@H](C)CC2=O. The van der Waals surface area contributed by atoms with Crippen LogP contribution in [0.15, 0.2) is 29.6 Å². The summed E-state index contributed by atoms with van der Waals surface area (Å²) in [4.78, 5) is 25.9. The lowest BCUT2D eigenvalue weighted by Crippen LogP contribution is -2.34. The number of thiophene rings is 1. The molecule has 26 heavy (non-hydrogen) atoms. The van der Waals surface area contributed by atoms with Gasteiger partial charge < -0.3 is 10.1 Å². The van der Waals surface area contributed by atoms with Gasteiger partial charge in [-0.2, -0.15) is 0 Å². The largest absolute Gasteiger partial charge is 0.483 e. The number of nitrogens with one attached hydrogen (secondary N) is 1. The summed E-state index contributed by atoms with van der Waals surface area (Å²) in [6.07, 6.45) is 0.510. The van der Waals surface area contributed by atoms with Gasteiger partial charge in [-0.05, 0) is 47.4 Å². The zero-order chi connectivity index (χ0) is 18.8. The molecule has 4 nitrogen and oxygen atoms in total. The van der Waals surface area contributed by atoms with Crippen molar-refractivity contribution in [2.24, 2.45) is 5.92 Å². The van der Waals surface area contributed by atoms with Gasteiger partial charge in [-0.25, -0.2) is 0 Å². The van der Waals surface area contributed by atoms with Crippen molar-refractivity contribution in [2.45, 2.75) is 46.1 Å². The molecule has 138 valence electrons. The van der Waals surface area contributed by atoms with Gasteiger partial charge in [-0.15, -0.1) is 11.3 Å². The van der Waals surface area contributed by atoms with E-state index in [0.717, 1.165) is 16.0 Å². The summed E-state index contributed by atoms with van der Waals surface area (Å²) in [6, 6.07) is 7.75. The first kappa shape index (κ1) is 18.6. The average molecular weight is 372 g/mol. The van der Waals surface area contributed by atoms with Gasteiger partial charge in [0.25, 0.3) is 5.91 Å². The van der Waals surface area contributed by atoms with E-state index in [1.165, 1.54) is 0 Å². The van der Waals surface area contributed by atoms with Gasteiger partial charge in [0, 0.05) is 11.3 Å². The van der Waals surface area contributed by atoms with E-state index in [1.807, 2.05) is 30.5 Å². The number of hydrogen-bond donors (Lipinski definition) is 1. The van der Waals surface area contributed by atoms with E-state index in [0.29, 0.717) is 17.7 Å². The number of carbonyl (C=O) groups is 2. The number of benzene rings is 1. The van der Waals surface area contributed by atoms with E-state index in [9.17, 15) is 9.59 Å². The molecule has 3 rings (SSSR count). The maximum Gasteiger partial charge on any atom is 0.258 e. The molecule has 1 heterocycles. The molecule has 1 aliphatic rings. The van der Waals surface area contributed by atoms with Crippen molar-refractivity contribution in [1.82, 2.24) is 5.32 Å². The van der Waals surface area contributed by atoms with Crippen LogP contribution < -0.4 is 10.1 Å². The minimum Gasteiger partial charge on any atom is -0.483 e. The Bertz CT molecular complexity index is 811. The molecule has 0 aliphatic heterocycles. The number of hydrogen-bond acceptors (Lipinski definition) is 4. The molecule has 1 aromatic heterocycles. The minimum atomic E-state index is -0.176. The highest BCUT2D eigenvalue weighted by atomic mass is 32.1. The second-order valence-electron chi connectivity index (χ2n) is 7.29. The Labute approximate surface area is 158 Å². The van der Waals surface area contributed by atoms with Gasteiger partial charge in [0.1, 0.15) is 5.75 Å². The van der Waals surface area contributed by atoms with Crippen LogP contribution in [0.3, 0.4) is 0 Å². The molecule has 1 aliphatic carbocycles. The molecule has 0 saturated heterocycles. The van der Waals surface area contributed by atoms with Crippen molar-refractivity contribution in [3.05, 3.63) is 51.2 Å².